The lowest BCUT2D eigenvalue weighted by molar-refractivity contribution is -0.687. The highest BCUT2D eigenvalue weighted by Crippen LogP contribution is 2.09. The summed E-state index contributed by atoms with van der Waals surface area (Å²) >= 11 is 0. The summed E-state index contributed by atoms with van der Waals surface area (Å²) in [5.41, 5.74) is 1.92. The first-order chi connectivity index (χ1) is 11.8. The van der Waals surface area contributed by atoms with Crippen LogP contribution in [-0.2, 0) is 13.1 Å². The lowest BCUT2D eigenvalue weighted by Gasteiger charge is -2.08. The Morgan fingerprint density at radius 2 is 1.88 bits per heavy atom. The molecule has 2 heterocycles. The van der Waals surface area contributed by atoms with Crippen molar-refractivity contribution in [1.29, 1.82) is 5.41 Å². The fourth-order valence-corrected chi connectivity index (χ4v) is 2.57. The lowest BCUT2D eigenvalue weighted by atomic mass is 10.2. The molecule has 2 aromatic heterocycles. The van der Waals surface area contributed by atoms with Gasteiger partial charge < -0.3 is 15.2 Å². The molecule has 0 unspecified atom stereocenters. The number of allylic oxidation sites excluding steroid dienone is 2. The molecule has 24 heavy (non-hydrogen) atoms. The quantitative estimate of drug-likeness (QED) is 0.245. The van der Waals surface area contributed by atoms with Gasteiger partial charge in [-0.15, -0.1) is 0 Å². The molecule has 120 valence electrons. The topological polar surface area (TPSA) is 65.2 Å². The van der Waals surface area contributed by atoms with Gasteiger partial charge in [0.2, 0.25) is 0 Å². The highest BCUT2D eigenvalue weighted by Gasteiger charge is 1.99. The molecular weight excluding hydrogens is 300 g/mol. The van der Waals surface area contributed by atoms with Crippen molar-refractivity contribution in [3.05, 3.63) is 84.1 Å². The summed E-state index contributed by atoms with van der Waals surface area (Å²) in [4.78, 5) is 0. The van der Waals surface area contributed by atoms with Gasteiger partial charge in [-0.1, -0.05) is 29.4 Å². The van der Waals surface area contributed by atoms with Gasteiger partial charge in [-0.2, -0.15) is 0 Å². The van der Waals surface area contributed by atoms with Gasteiger partial charge in [0, 0.05) is 35.8 Å². The van der Waals surface area contributed by atoms with E-state index in [4.69, 9.17) is 10.6 Å². The van der Waals surface area contributed by atoms with Crippen molar-refractivity contribution in [2.75, 3.05) is 0 Å². The van der Waals surface area contributed by atoms with E-state index in [0.29, 0.717) is 5.36 Å². The number of hydrogen-bond donors (Lipinski definition) is 2. The zero-order valence-electron chi connectivity index (χ0n) is 13.2. The van der Waals surface area contributed by atoms with Crippen molar-refractivity contribution >= 4 is 17.1 Å². The molecule has 0 saturated heterocycles. The summed E-state index contributed by atoms with van der Waals surface area (Å²) in [6, 6.07) is 13.6. The molecule has 3 rings (SSSR count). The number of aromatic nitrogens is 2. The first kappa shape index (κ1) is 15.7. The Balaban J connectivity index is 1.69. The maximum atomic E-state index is 8.50. The minimum Gasteiger partial charge on any atom is -0.411 e. The van der Waals surface area contributed by atoms with Crippen LogP contribution in [0.1, 0.15) is 5.56 Å². The minimum absolute atomic E-state index is 0.549. The van der Waals surface area contributed by atoms with Gasteiger partial charge in [-0.25, -0.2) is 4.57 Å². The van der Waals surface area contributed by atoms with E-state index in [1.54, 1.807) is 0 Å². The first-order valence-corrected chi connectivity index (χ1v) is 7.72. The number of hydrogen-bond acceptors (Lipinski definition) is 3. The Kier molecular flexibility index (Phi) is 4.81. The van der Waals surface area contributed by atoms with Crippen molar-refractivity contribution in [2.45, 2.75) is 13.1 Å². The number of para-hydroxylation sites is 1. The van der Waals surface area contributed by atoms with Crippen molar-refractivity contribution in [3.63, 3.8) is 0 Å². The summed E-state index contributed by atoms with van der Waals surface area (Å²) in [6.45, 7) is 1.53. The fourth-order valence-electron chi connectivity index (χ4n) is 2.57. The Labute approximate surface area is 139 Å². The highest BCUT2D eigenvalue weighted by atomic mass is 16.4. The monoisotopic (exact) mass is 319 g/mol. The van der Waals surface area contributed by atoms with Crippen LogP contribution in [0.2, 0.25) is 0 Å². The van der Waals surface area contributed by atoms with Crippen LogP contribution in [0.15, 0.2) is 78.4 Å². The molecule has 5 nitrogen and oxygen atoms in total. The minimum atomic E-state index is 0.549. The van der Waals surface area contributed by atoms with Gasteiger partial charge in [-0.3, -0.25) is 0 Å². The van der Waals surface area contributed by atoms with Crippen molar-refractivity contribution in [1.82, 2.24) is 4.57 Å². The molecule has 0 fully saturated rings. The largest absolute Gasteiger partial charge is 0.411 e. The van der Waals surface area contributed by atoms with Crippen LogP contribution >= 0.6 is 0 Å². The van der Waals surface area contributed by atoms with E-state index < -0.39 is 0 Å². The molecule has 2 N–H and O–H groups in total. The molecule has 0 spiro atoms. The molecule has 0 amide bonds. The number of benzene rings is 1. The number of nitrogens with one attached hydrogen (secondary N) is 1. The second-order valence-corrected chi connectivity index (χ2v) is 5.44. The summed E-state index contributed by atoms with van der Waals surface area (Å²) in [6.07, 6.45) is 11.5. The van der Waals surface area contributed by atoms with Gasteiger partial charge in [0.25, 0.3) is 0 Å². The van der Waals surface area contributed by atoms with Gasteiger partial charge in [-0.05, 0) is 18.2 Å². The normalized spacial score (nSPS) is 11.7. The third-order valence-electron chi connectivity index (χ3n) is 3.83. The van der Waals surface area contributed by atoms with Crippen LogP contribution in [0.4, 0.5) is 0 Å². The molecule has 0 bridgehead atoms. The number of pyridine rings is 2. The average Bonchev–Trinajstić information content (AvgIpc) is 2.62. The molecule has 0 radical (unpaired) electrons. The molecular formula is C19H19N4O+. The van der Waals surface area contributed by atoms with Crippen LogP contribution in [0.5, 0.6) is 0 Å². The number of oxime groups is 1. The molecule has 0 saturated carbocycles. The summed E-state index contributed by atoms with van der Waals surface area (Å²) in [5.74, 6) is 0. The lowest BCUT2D eigenvalue weighted by Crippen LogP contribution is -2.31. The van der Waals surface area contributed by atoms with Gasteiger partial charge in [0.05, 0.1) is 17.1 Å². The van der Waals surface area contributed by atoms with Gasteiger partial charge >= 0.3 is 0 Å². The van der Waals surface area contributed by atoms with Gasteiger partial charge in [0.1, 0.15) is 0 Å². The Morgan fingerprint density at radius 3 is 2.67 bits per heavy atom. The van der Waals surface area contributed by atoms with Crippen LogP contribution in [0.3, 0.4) is 0 Å². The summed E-state index contributed by atoms with van der Waals surface area (Å²) in [5, 5.41) is 21.0. The third kappa shape index (κ3) is 3.57. The predicted octanol–water partition coefficient (Wildman–Crippen LogP) is 2.47. The smallest absolute Gasteiger partial charge is 0.169 e. The fraction of sp³-hybridized carbons (Fsp3) is 0.105. The maximum Gasteiger partial charge on any atom is 0.169 e. The van der Waals surface area contributed by atoms with Crippen LogP contribution in [0.25, 0.3) is 10.9 Å². The van der Waals surface area contributed by atoms with Crippen molar-refractivity contribution < 1.29 is 9.77 Å². The average molecular weight is 319 g/mol. The summed E-state index contributed by atoms with van der Waals surface area (Å²) < 4.78 is 4.18. The zero-order valence-corrected chi connectivity index (χ0v) is 13.2. The highest BCUT2D eigenvalue weighted by molar-refractivity contribution is 5.78. The second kappa shape index (κ2) is 7.37. The Bertz CT molecular complexity index is 939. The Morgan fingerprint density at radius 1 is 1.08 bits per heavy atom. The van der Waals surface area contributed by atoms with Crippen LogP contribution in [0, 0.1) is 5.41 Å². The van der Waals surface area contributed by atoms with Crippen molar-refractivity contribution in [2.24, 2.45) is 5.16 Å². The first-order valence-electron chi connectivity index (χ1n) is 7.72. The standard InChI is InChI=1S/C19H18N4O/c20-18-9-14-23(19-6-2-1-5-17(18)19)11-4-3-10-22-12-7-16(8-13-22)15-21-24/h1-9,12-15,20H,10-11H2/p+1/b4-3+,20-18?. The molecule has 5 heteroatoms. The summed E-state index contributed by atoms with van der Waals surface area (Å²) in [7, 11) is 0. The van der Waals surface area contributed by atoms with E-state index in [-0.39, 0.29) is 0 Å². The SMILES string of the molecule is N=c1ccn(C/C=C/C[n+]2ccc(/C=N/O)cc2)c2ccccc12. The van der Waals surface area contributed by atoms with Crippen LogP contribution < -0.4 is 9.92 Å². The Hall–Kier alpha value is -3.21. The second-order valence-electron chi connectivity index (χ2n) is 5.44. The van der Waals surface area contributed by atoms with E-state index in [2.05, 4.69) is 21.9 Å². The predicted molar refractivity (Wildman–Crippen MR) is 93.0 cm³/mol. The van der Waals surface area contributed by atoms with E-state index in [1.807, 2.05) is 65.6 Å². The maximum absolute atomic E-state index is 8.50. The van der Waals surface area contributed by atoms with Crippen molar-refractivity contribution in [3.8, 4) is 0 Å². The molecule has 0 aliphatic rings. The van der Waals surface area contributed by atoms with E-state index >= 15 is 0 Å². The zero-order chi connectivity index (χ0) is 16.8. The van der Waals surface area contributed by atoms with Gasteiger partial charge in [0.15, 0.2) is 18.9 Å². The van der Waals surface area contributed by atoms with Crippen LogP contribution in [-0.4, -0.2) is 16.0 Å². The van der Waals surface area contributed by atoms with E-state index in [0.717, 1.165) is 29.6 Å². The number of nitrogens with zero attached hydrogens (tertiary/aromatic N) is 3. The molecule has 3 aromatic rings. The molecule has 1 aromatic carbocycles. The third-order valence-corrected chi connectivity index (χ3v) is 3.83. The molecule has 0 atom stereocenters. The van der Waals surface area contributed by atoms with E-state index in [9.17, 15) is 0 Å². The van der Waals surface area contributed by atoms with E-state index in [1.165, 1.54) is 6.21 Å². The molecule has 0 aliphatic carbocycles. The molecule has 0 aliphatic heterocycles. The number of fused-ring (bicyclic) bond motifs is 1. The number of rotatable bonds is 5.